The van der Waals surface area contributed by atoms with Crippen molar-refractivity contribution in [2.24, 2.45) is 10.1 Å². The van der Waals surface area contributed by atoms with Gasteiger partial charge in [-0.15, -0.1) is 0 Å². The number of thioether (sulfide) groups is 1. The third-order valence-corrected chi connectivity index (χ3v) is 3.37. The minimum absolute atomic E-state index is 0.0446. The van der Waals surface area contributed by atoms with Crippen LogP contribution in [0.4, 0.5) is 0 Å². The quantitative estimate of drug-likeness (QED) is 0.788. The molecule has 2 aliphatic rings. The molecule has 0 aromatic carbocycles. The summed E-state index contributed by atoms with van der Waals surface area (Å²) in [6, 6.07) is 3.58. The molecule has 19 heavy (non-hydrogen) atoms. The van der Waals surface area contributed by atoms with E-state index in [1.165, 1.54) is 16.8 Å². The molecule has 0 unspecified atom stereocenters. The highest BCUT2D eigenvalue weighted by molar-refractivity contribution is 8.26. The Hall–Kier alpha value is -2.28. The lowest BCUT2D eigenvalue weighted by Crippen LogP contribution is -2.35. The molecule has 2 aliphatic heterocycles. The molecule has 6 nitrogen and oxygen atoms in total. The maximum Gasteiger partial charge on any atom is 0.283 e. The van der Waals surface area contributed by atoms with Gasteiger partial charge in [-0.3, -0.25) is 15.2 Å². The first-order valence-electron chi connectivity index (χ1n) is 5.52. The maximum atomic E-state index is 12.0. The Morgan fingerprint density at radius 2 is 2.32 bits per heavy atom. The van der Waals surface area contributed by atoms with Gasteiger partial charge in [0.05, 0.1) is 10.6 Å². The second kappa shape index (κ2) is 4.43. The molecule has 1 aromatic heterocycles. The molecule has 1 aromatic rings. The SMILES string of the molecule is CC1=NN2C(=N)/C(=C/c3cccnc3)C(=O)N=C2S1. The van der Waals surface area contributed by atoms with Crippen molar-refractivity contribution in [3.63, 3.8) is 0 Å². The fourth-order valence-corrected chi connectivity index (χ4v) is 2.45. The van der Waals surface area contributed by atoms with Crippen molar-refractivity contribution in [1.29, 1.82) is 5.41 Å². The fraction of sp³-hybridized carbons (Fsp3) is 0.0833. The van der Waals surface area contributed by atoms with Crippen LogP contribution < -0.4 is 0 Å². The van der Waals surface area contributed by atoms with Crippen molar-refractivity contribution in [3.05, 3.63) is 35.7 Å². The number of carbonyl (C=O) groups excluding carboxylic acids is 1. The Labute approximate surface area is 113 Å². The summed E-state index contributed by atoms with van der Waals surface area (Å²) in [5, 5.41) is 14.8. The molecule has 7 heteroatoms. The molecule has 0 aliphatic carbocycles. The van der Waals surface area contributed by atoms with Crippen molar-refractivity contribution in [2.75, 3.05) is 0 Å². The Bertz CT molecular complexity index is 662. The third-order valence-electron chi connectivity index (χ3n) is 2.55. The van der Waals surface area contributed by atoms with Crippen LogP contribution in [0.15, 0.2) is 40.2 Å². The highest BCUT2D eigenvalue weighted by Gasteiger charge is 2.34. The molecule has 0 saturated heterocycles. The summed E-state index contributed by atoms with van der Waals surface area (Å²) < 4.78 is 0. The van der Waals surface area contributed by atoms with Crippen LogP contribution in [0.3, 0.4) is 0 Å². The molecule has 0 saturated carbocycles. The number of nitrogens with one attached hydrogen (secondary N) is 1. The van der Waals surface area contributed by atoms with E-state index in [-0.39, 0.29) is 11.4 Å². The zero-order valence-electron chi connectivity index (χ0n) is 9.99. The van der Waals surface area contributed by atoms with Crippen LogP contribution in [-0.2, 0) is 4.79 Å². The Kier molecular flexibility index (Phi) is 2.75. The van der Waals surface area contributed by atoms with Gasteiger partial charge < -0.3 is 0 Å². The summed E-state index contributed by atoms with van der Waals surface area (Å²) in [5.74, 6) is -0.374. The highest BCUT2D eigenvalue weighted by Crippen LogP contribution is 2.27. The standard InChI is InChI=1S/C12H9N5OS/c1-7-16-17-10(13)9(11(18)15-12(17)19-7)5-8-3-2-4-14-6-8/h2-6,13H,1H3/b9-5-,13-10?. The van der Waals surface area contributed by atoms with Gasteiger partial charge in [-0.1, -0.05) is 6.07 Å². The van der Waals surface area contributed by atoms with Gasteiger partial charge in [0.15, 0.2) is 5.84 Å². The summed E-state index contributed by atoms with van der Waals surface area (Å²) in [7, 11) is 0. The number of rotatable bonds is 1. The molecule has 0 radical (unpaired) electrons. The van der Waals surface area contributed by atoms with Crippen LogP contribution in [0.5, 0.6) is 0 Å². The minimum atomic E-state index is -0.419. The van der Waals surface area contributed by atoms with Gasteiger partial charge in [0.2, 0.25) is 5.17 Å². The van der Waals surface area contributed by atoms with Crippen molar-refractivity contribution < 1.29 is 4.79 Å². The number of aliphatic imine (C=N–C) groups is 1. The number of hydrazone groups is 1. The van der Waals surface area contributed by atoms with Crippen LogP contribution in [0.2, 0.25) is 0 Å². The second-order valence-electron chi connectivity index (χ2n) is 3.93. The monoisotopic (exact) mass is 271 g/mol. The van der Waals surface area contributed by atoms with Gasteiger partial charge >= 0.3 is 0 Å². The van der Waals surface area contributed by atoms with Gasteiger partial charge in [-0.25, -0.2) is 0 Å². The van der Waals surface area contributed by atoms with E-state index in [9.17, 15) is 4.79 Å². The van der Waals surface area contributed by atoms with Crippen molar-refractivity contribution in [2.45, 2.75) is 6.92 Å². The van der Waals surface area contributed by atoms with E-state index in [4.69, 9.17) is 5.41 Å². The molecule has 94 valence electrons. The van der Waals surface area contributed by atoms with Gasteiger partial charge in [0, 0.05) is 12.4 Å². The highest BCUT2D eigenvalue weighted by atomic mass is 32.2. The summed E-state index contributed by atoms with van der Waals surface area (Å²) in [6.07, 6.45) is 4.88. The first-order valence-corrected chi connectivity index (χ1v) is 6.33. The number of amidine groups is 2. The van der Waals surface area contributed by atoms with Crippen LogP contribution in [0.1, 0.15) is 12.5 Å². The average Bonchev–Trinajstić information content (AvgIpc) is 2.76. The van der Waals surface area contributed by atoms with Crippen LogP contribution in [-0.4, -0.2) is 31.9 Å². The normalized spacial score (nSPS) is 20.5. The zero-order chi connectivity index (χ0) is 13.4. The fourth-order valence-electron chi connectivity index (χ4n) is 1.72. The number of carbonyl (C=O) groups is 1. The third kappa shape index (κ3) is 2.08. The van der Waals surface area contributed by atoms with Gasteiger partial charge in [-0.05, 0) is 36.4 Å². The number of aromatic nitrogens is 1. The molecule has 0 bridgehead atoms. The lowest BCUT2D eigenvalue weighted by atomic mass is 10.1. The number of amides is 1. The van der Waals surface area contributed by atoms with Gasteiger partial charge in [0.1, 0.15) is 0 Å². The molecule has 1 amide bonds. The summed E-state index contributed by atoms with van der Waals surface area (Å²) in [6.45, 7) is 1.81. The molecular formula is C12H9N5OS. The molecule has 0 atom stereocenters. The number of nitrogens with zero attached hydrogens (tertiary/aromatic N) is 4. The van der Waals surface area contributed by atoms with E-state index in [0.717, 1.165) is 10.6 Å². The van der Waals surface area contributed by atoms with Crippen LogP contribution >= 0.6 is 11.8 Å². The predicted molar refractivity (Wildman–Crippen MR) is 74.9 cm³/mol. The zero-order valence-corrected chi connectivity index (χ0v) is 10.8. The average molecular weight is 271 g/mol. The first-order chi connectivity index (χ1) is 9.15. The minimum Gasteiger partial charge on any atom is -0.282 e. The number of pyridine rings is 1. The van der Waals surface area contributed by atoms with Crippen molar-refractivity contribution >= 4 is 39.8 Å². The van der Waals surface area contributed by atoms with Crippen molar-refractivity contribution in [1.82, 2.24) is 9.99 Å². The van der Waals surface area contributed by atoms with Gasteiger partial charge in [0.25, 0.3) is 5.91 Å². The van der Waals surface area contributed by atoms with E-state index in [2.05, 4.69) is 15.1 Å². The molecular weight excluding hydrogens is 262 g/mol. The number of fused-ring (bicyclic) bond motifs is 1. The van der Waals surface area contributed by atoms with E-state index in [1.807, 2.05) is 13.0 Å². The van der Waals surface area contributed by atoms with E-state index in [1.54, 1.807) is 24.5 Å². The Morgan fingerprint density at radius 3 is 3.05 bits per heavy atom. The lowest BCUT2D eigenvalue weighted by molar-refractivity contribution is -0.114. The smallest absolute Gasteiger partial charge is 0.282 e. The number of hydrogen-bond acceptors (Lipinski definition) is 5. The first kappa shape index (κ1) is 11.8. The summed E-state index contributed by atoms with van der Waals surface area (Å²) >= 11 is 1.29. The van der Waals surface area contributed by atoms with E-state index < -0.39 is 5.91 Å². The molecule has 0 fully saturated rings. The Morgan fingerprint density at radius 1 is 1.47 bits per heavy atom. The maximum absolute atomic E-state index is 12.0. The molecule has 3 rings (SSSR count). The van der Waals surface area contributed by atoms with E-state index >= 15 is 0 Å². The lowest BCUT2D eigenvalue weighted by Gasteiger charge is -2.20. The Balaban J connectivity index is 2.03. The summed E-state index contributed by atoms with van der Waals surface area (Å²) in [5.41, 5.74) is 0.970. The van der Waals surface area contributed by atoms with E-state index in [0.29, 0.717) is 5.17 Å². The summed E-state index contributed by atoms with van der Waals surface area (Å²) in [4.78, 5) is 19.9. The molecule has 1 N–H and O–H groups in total. The predicted octanol–water partition coefficient (Wildman–Crippen LogP) is 1.72. The van der Waals surface area contributed by atoms with Crippen molar-refractivity contribution in [3.8, 4) is 0 Å². The second-order valence-corrected chi connectivity index (χ2v) is 5.09. The largest absolute Gasteiger partial charge is 0.283 e. The molecule has 3 heterocycles. The topological polar surface area (TPSA) is 81.8 Å². The number of hydrogen-bond donors (Lipinski definition) is 1. The van der Waals surface area contributed by atoms with Crippen LogP contribution in [0.25, 0.3) is 6.08 Å². The van der Waals surface area contributed by atoms with Crippen LogP contribution in [0, 0.1) is 5.41 Å². The van der Waals surface area contributed by atoms with Gasteiger partial charge in [-0.2, -0.15) is 15.1 Å². The molecule has 0 spiro atoms.